The lowest BCUT2D eigenvalue weighted by atomic mass is 9.89. The number of hydrogen-bond donors (Lipinski definition) is 1. The van der Waals surface area contributed by atoms with Crippen LogP contribution in [0.25, 0.3) is 0 Å². The average Bonchev–Trinajstić information content (AvgIpc) is 2.78. The van der Waals surface area contributed by atoms with Crippen molar-refractivity contribution in [3.05, 3.63) is 29.8 Å². The van der Waals surface area contributed by atoms with Gasteiger partial charge in [-0.05, 0) is 43.7 Å². The highest BCUT2D eigenvalue weighted by Crippen LogP contribution is 2.27. The van der Waals surface area contributed by atoms with Crippen LogP contribution in [-0.4, -0.2) is 78.2 Å². The molecule has 0 saturated carbocycles. The van der Waals surface area contributed by atoms with Crippen molar-refractivity contribution < 1.29 is 14.4 Å². The minimum Gasteiger partial charge on any atom is -0.342 e. The third-order valence-electron chi connectivity index (χ3n) is 6.61. The average molecular weight is 413 g/mol. The molecule has 3 aliphatic rings. The molecule has 1 aromatic carbocycles. The normalized spacial score (nSPS) is 22.4. The fourth-order valence-corrected chi connectivity index (χ4v) is 4.69. The van der Waals surface area contributed by atoms with Crippen LogP contribution in [0.5, 0.6) is 0 Å². The summed E-state index contributed by atoms with van der Waals surface area (Å²) in [5.41, 5.74) is 2.03. The van der Waals surface area contributed by atoms with Crippen LogP contribution in [0, 0.1) is 5.92 Å². The summed E-state index contributed by atoms with van der Waals surface area (Å²) in [6.45, 7) is 5.03. The number of nitrogens with zero attached hydrogens (tertiary/aromatic N) is 3. The summed E-state index contributed by atoms with van der Waals surface area (Å²) >= 11 is 0. The monoisotopic (exact) mass is 412 g/mol. The molecule has 1 atom stereocenters. The van der Waals surface area contributed by atoms with Crippen molar-refractivity contribution in [3.63, 3.8) is 0 Å². The molecule has 0 bridgehead atoms. The van der Waals surface area contributed by atoms with Crippen LogP contribution >= 0.6 is 0 Å². The van der Waals surface area contributed by atoms with E-state index in [1.165, 1.54) is 6.42 Å². The van der Waals surface area contributed by atoms with Crippen LogP contribution in [0.15, 0.2) is 24.3 Å². The quantitative estimate of drug-likeness (QED) is 0.800. The van der Waals surface area contributed by atoms with Gasteiger partial charge in [-0.3, -0.25) is 19.3 Å². The highest BCUT2D eigenvalue weighted by molar-refractivity contribution is 5.96. The second-order valence-electron chi connectivity index (χ2n) is 8.68. The Hall–Kier alpha value is -2.41. The van der Waals surface area contributed by atoms with Crippen molar-refractivity contribution in [2.45, 2.75) is 38.5 Å². The Balaban J connectivity index is 1.19. The number of nitrogens with one attached hydrogen (secondary N) is 1. The van der Waals surface area contributed by atoms with Gasteiger partial charge < -0.3 is 15.1 Å². The number of carbonyl (C=O) groups is 3. The number of piperidine rings is 1. The molecule has 3 amide bonds. The molecule has 162 valence electrons. The highest BCUT2D eigenvalue weighted by atomic mass is 16.2. The lowest BCUT2D eigenvalue weighted by molar-refractivity contribution is -0.135. The van der Waals surface area contributed by atoms with E-state index >= 15 is 0 Å². The van der Waals surface area contributed by atoms with Crippen LogP contribution in [0.4, 0.5) is 5.69 Å². The number of hydrogen-bond acceptors (Lipinski definition) is 4. The molecule has 7 nitrogen and oxygen atoms in total. The summed E-state index contributed by atoms with van der Waals surface area (Å²) in [5.74, 6) is 0.205. The third-order valence-corrected chi connectivity index (χ3v) is 6.61. The summed E-state index contributed by atoms with van der Waals surface area (Å²) in [6.07, 6.45) is 5.11. The Kier molecular flexibility index (Phi) is 6.67. The molecule has 3 aliphatic heterocycles. The fourth-order valence-electron chi connectivity index (χ4n) is 4.69. The van der Waals surface area contributed by atoms with Crippen LogP contribution in [0.3, 0.4) is 0 Å². The summed E-state index contributed by atoms with van der Waals surface area (Å²) in [6, 6.07) is 7.86. The van der Waals surface area contributed by atoms with E-state index in [2.05, 4.69) is 10.2 Å². The number of piperazine rings is 1. The van der Waals surface area contributed by atoms with Gasteiger partial charge in [-0.2, -0.15) is 0 Å². The molecule has 30 heavy (non-hydrogen) atoms. The molecular formula is C23H32N4O3. The first-order valence-electron chi connectivity index (χ1n) is 11.3. The maximum atomic E-state index is 12.7. The minimum absolute atomic E-state index is 0.0162. The molecule has 0 radical (unpaired) electrons. The molecule has 1 N–H and O–H groups in total. The first-order valence-corrected chi connectivity index (χ1v) is 11.3. The first-order chi connectivity index (χ1) is 14.6. The number of carbonyl (C=O) groups excluding carboxylic acids is 3. The number of rotatable bonds is 5. The molecular weight excluding hydrogens is 380 g/mol. The second-order valence-corrected chi connectivity index (χ2v) is 8.68. The van der Waals surface area contributed by atoms with Gasteiger partial charge in [-0.1, -0.05) is 18.2 Å². The van der Waals surface area contributed by atoms with Gasteiger partial charge in [0, 0.05) is 57.3 Å². The molecule has 4 rings (SSSR count). The Labute approximate surface area is 178 Å². The molecule has 1 unspecified atom stereocenters. The van der Waals surface area contributed by atoms with Crippen LogP contribution in [0.2, 0.25) is 0 Å². The van der Waals surface area contributed by atoms with Crippen molar-refractivity contribution in [1.29, 1.82) is 0 Å². The minimum atomic E-state index is -0.146. The Morgan fingerprint density at radius 1 is 0.900 bits per heavy atom. The smallest absolute Gasteiger partial charge is 0.236 e. The topological polar surface area (TPSA) is 73.0 Å². The third kappa shape index (κ3) is 5.01. The Bertz CT molecular complexity index is 782. The number of para-hydroxylation sites is 1. The number of fused-ring (bicyclic) bond motifs is 1. The van der Waals surface area contributed by atoms with E-state index in [0.717, 1.165) is 50.3 Å². The van der Waals surface area contributed by atoms with Crippen molar-refractivity contribution in [1.82, 2.24) is 14.7 Å². The molecule has 7 heteroatoms. The van der Waals surface area contributed by atoms with Gasteiger partial charge in [0.15, 0.2) is 0 Å². The van der Waals surface area contributed by atoms with Crippen LogP contribution in [-0.2, 0) is 20.8 Å². The van der Waals surface area contributed by atoms with E-state index < -0.39 is 0 Å². The zero-order valence-electron chi connectivity index (χ0n) is 17.6. The fraction of sp³-hybridized carbons (Fsp3) is 0.609. The van der Waals surface area contributed by atoms with Crippen molar-refractivity contribution in [2.24, 2.45) is 5.92 Å². The summed E-state index contributed by atoms with van der Waals surface area (Å²) in [4.78, 5) is 43.5. The van der Waals surface area contributed by atoms with Crippen LogP contribution < -0.4 is 5.32 Å². The van der Waals surface area contributed by atoms with Crippen molar-refractivity contribution in [2.75, 3.05) is 51.1 Å². The molecule has 2 saturated heterocycles. The largest absolute Gasteiger partial charge is 0.342 e. The van der Waals surface area contributed by atoms with Gasteiger partial charge in [-0.15, -0.1) is 0 Å². The van der Waals surface area contributed by atoms with E-state index in [9.17, 15) is 14.4 Å². The lowest BCUT2D eigenvalue weighted by Gasteiger charge is -2.36. The van der Waals surface area contributed by atoms with E-state index in [-0.39, 0.29) is 23.6 Å². The predicted molar refractivity (Wildman–Crippen MR) is 115 cm³/mol. The molecule has 3 heterocycles. The standard InChI is InChI=1S/C23H32N4O3/c28-21(9-8-19-16-18-6-2-3-7-20(18)24-23(19)30)27-14-12-25(13-15-27)17-22(29)26-10-4-1-5-11-26/h2-3,6-7,19H,1,4-5,8-17H2,(H,24,30). The maximum Gasteiger partial charge on any atom is 0.236 e. The van der Waals surface area contributed by atoms with Gasteiger partial charge in [-0.25, -0.2) is 0 Å². The van der Waals surface area contributed by atoms with E-state index in [0.29, 0.717) is 38.9 Å². The number of amides is 3. The van der Waals surface area contributed by atoms with Crippen molar-refractivity contribution in [3.8, 4) is 0 Å². The molecule has 0 aromatic heterocycles. The summed E-state index contributed by atoms with van der Waals surface area (Å²) < 4.78 is 0. The number of benzene rings is 1. The summed E-state index contributed by atoms with van der Waals surface area (Å²) in [7, 11) is 0. The zero-order valence-corrected chi connectivity index (χ0v) is 17.6. The van der Waals surface area contributed by atoms with Gasteiger partial charge in [0.25, 0.3) is 0 Å². The highest BCUT2D eigenvalue weighted by Gasteiger charge is 2.28. The number of likely N-dealkylation sites (tertiary alicyclic amines) is 1. The van der Waals surface area contributed by atoms with Crippen LogP contribution in [0.1, 0.15) is 37.7 Å². The van der Waals surface area contributed by atoms with Gasteiger partial charge in [0.05, 0.1) is 6.54 Å². The molecule has 0 aliphatic carbocycles. The van der Waals surface area contributed by atoms with Gasteiger partial charge in [0.2, 0.25) is 17.7 Å². The zero-order chi connectivity index (χ0) is 20.9. The van der Waals surface area contributed by atoms with E-state index in [1.54, 1.807) is 0 Å². The summed E-state index contributed by atoms with van der Waals surface area (Å²) in [5, 5.41) is 2.96. The Morgan fingerprint density at radius 2 is 1.60 bits per heavy atom. The van der Waals surface area contributed by atoms with Crippen molar-refractivity contribution >= 4 is 23.4 Å². The second kappa shape index (κ2) is 9.60. The van der Waals surface area contributed by atoms with E-state index in [1.807, 2.05) is 34.1 Å². The SMILES string of the molecule is O=C1Nc2ccccc2CC1CCC(=O)N1CCN(CC(=O)N2CCCCC2)CC1. The number of anilines is 1. The molecule has 0 spiro atoms. The van der Waals surface area contributed by atoms with E-state index in [4.69, 9.17) is 0 Å². The van der Waals surface area contributed by atoms with Gasteiger partial charge >= 0.3 is 0 Å². The lowest BCUT2D eigenvalue weighted by Crippen LogP contribution is -2.52. The molecule has 1 aromatic rings. The predicted octanol–water partition coefficient (Wildman–Crippen LogP) is 1.73. The molecule has 2 fully saturated rings. The maximum absolute atomic E-state index is 12.7. The Morgan fingerprint density at radius 3 is 2.37 bits per heavy atom. The van der Waals surface area contributed by atoms with Gasteiger partial charge in [0.1, 0.15) is 0 Å². The first kappa shape index (κ1) is 20.8.